The van der Waals surface area contributed by atoms with Crippen molar-refractivity contribution in [3.8, 4) is 0 Å². The maximum absolute atomic E-state index is 14.0. The summed E-state index contributed by atoms with van der Waals surface area (Å²) in [6.07, 6.45) is -1.53. The van der Waals surface area contributed by atoms with Crippen LogP contribution in [0.4, 0.5) is 24.0 Å². The van der Waals surface area contributed by atoms with Crippen molar-refractivity contribution in [3.05, 3.63) is 49.1 Å². The molecule has 1 aliphatic carbocycles. The number of hydrogen-bond donors (Lipinski definition) is 2. The van der Waals surface area contributed by atoms with Gasteiger partial charge in [-0.05, 0) is 49.6 Å². The molecule has 2 atom stereocenters. The molecule has 0 fully saturated rings. The van der Waals surface area contributed by atoms with Gasteiger partial charge in [-0.15, -0.1) is 22.7 Å². The minimum absolute atomic E-state index is 0.0649. The molecule has 5 rings (SSSR count). The van der Waals surface area contributed by atoms with Crippen LogP contribution < -0.4 is 10.6 Å². The van der Waals surface area contributed by atoms with Gasteiger partial charge in [-0.3, -0.25) is 4.79 Å². The molecule has 192 valence electrons. The van der Waals surface area contributed by atoms with E-state index in [9.17, 15) is 22.8 Å². The van der Waals surface area contributed by atoms with E-state index in [1.165, 1.54) is 22.7 Å². The Morgan fingerprint density at radius 1 is 1.33 bits per heavy atom. The van der Waals surface area contributed by atoms with E-state index in [2.05, 4.69) is 15.7 Å². The van der Waals surface area contributed by atoms with Gasteiger partial charge in [-0.1, -0.05) is 17.7 Å². The lowest BCUT2D eigenvalue weighted by Crippen LogP contribution is -2.35. The highest BCUT2D eigenvalue weighted by Gasteiger charge is 2.48. The van der Waals surface area contributed by atoms with Gasteiger partial charge in [0.2, 0.25) is 0 Å². The molecule has 0 unspecified atom stereocenters. The molecule has 0 saturated heterocycles. The molecule has 2 N–H and O–H groups in total. The number of amides is 1. The van der Waals surface area contributed by atoms with E-state index in [-0.39, 0.29) is 29.6 Å². The van der Waals surface area contributed by atoms with E-state index in [0.29, 0.717) is 17.0 Å². The van der Waals surface area contributed by atoms with Gasteiger partial charge in [0.25, 0.3) is 5.91 Å². The van der Waals surface area contributed by atoms with Crippen molar-refractivity contribution in [3.63, 3.8) is 0 Å². The number of thiophene rings is 2. The third-order valence-corrected chi connectivity index (χ3v) is 8.83. The van der Waals surface area contributed by atoms with E-state index in [0.717, 1.165) is 39.3 Å². The number of aromatic nitrogens is 2. The number of nitrogens with one attached hydrogen (secondary N) is 2. The van der Waals surface area contributed by atoms with E-state index >= 15 is 0 Å². The molecule has 0 spiro atoms. The topological polar surface area (TPSA) is 85.2 Å². The Kier molecular flexibility index (Phi) is 6.77. The summed E-state index contributed by atoms with van der Waals surface area (Å²) in [6, 6.07) is 0.926. The van der Waals surface area contributed by atoms with Gasteiger partial charge < -0.3 is 15.4 Å². The molecule has 4 heterocycles. The maximum atomic E-state index is 14.0. The second kappa shape index (κ2) is 9.71. The number of nitrogens with zero attached hydrogens (tertiary/aromatic N) is 2. The van der Waals surface area contributed by atoms with Crippen LogP contribution in [0.25, 0.3) is 0 Å². The van der Waals surface area contributed by atoms with Gasteiger partial charge >= 0.3 is 12.1 Å². The number of carbonyl (C=O) groups excluding carboxylic acids is 2. The highest BCUT2D eigenvalue weighted by Crippen LogP contribution is 2.47. The summed E-state index contributed by atoms with van der Waals surface area (Å²) in [6.45, 7) is 1.87. The molecule has 0 saturated carbocycles. The number of alkyl halides is 3. The summed E-state index contributed by atoms with van der Waals surface area (Å²) >= 11 is 9.05. The number of aryl methyl sites for hydroxylation is 1. The number of halogens is 4. The van der Waals surface area contributed by atoms with Crippen LogP contribution in [-0.2, 0) is 17.6 Å². The third kappa shape index (κ3) is 4.50. The molecule has 0 radical (unpaired) electrons. The fourth-order valence-corrected chi connectivity index (χ4v) is 6.97. The summed E-state index contributed by atoms with van der Waals surface area (Å²) in [7, 11) is 0. The first-order valence-corrected chi connectivity index (χ1v) is 13.5. The van der Waals surface area contributed by atoms with Crippen molar-refractivity contribution >= 4 is 57.0 Å². The Balaban J connectivity index is 1.50. The van der Waals surface area contributed by atoms with Crippen LogP contribution in [0.2, 0.25) is 5.02 Å². The van der Waals surface area contributed by atoms with Crippen LogP contribution >= 0.6 is 34.3 Å². The normalized spacial score (nSPS) is 19.2. The van der Waals surface area contributed by atoms with Crippen molar-refractivity contribution in [2.75, 3.05) is 17.2 Å². The molecular formula is C23H22ClF3N4O3S2. The molecule has 7 nitrogen and oxygen atoms in total. The van der Waals surface area contributed by atoms with Gasteiger partial charge in [-0.25, -0.2) is 9.48 Å². The number of fused-ring (bicyclic) bond motifs is 2. The van der Waals surface area contributed by atoms with Crippen molar-refractivity contribution in [2.24, 2.45) is 0 Å². The van der Waals surface area contributed by atoms with Crippen LogP contribution in [0.3, 0.4) is 0 Å². The van der Waals surface area contributed by atoms with Crippen LogP contribution in [0.5, 0.6) is 0 Å². The molecular weight excluding hydrogens is 537 g/mol. The molecule has 2 aliphatic rings. The Morgan fingerprint density at radius 3 is 2.81 bits per heavy atom. The summed E-state index contributed by atoms with van der Waals surface area (Å²) in [5, 5.41) is 11.6. The second-order valence-corrected chi connectivity index (χ2v) is 11.0. The lowest BCUT2D eigenvalue weighted by Gasteiger charge is -2.32. The first-order chi connectivity index (χ1) is 17.2. The fourth-order valence-electron chi connectivity index (χ4n) is 4.65. The largest absolute Gasteiger partial charge is 0.462 e. The van der Waals surface area contributed by atoms with Crippen LogP contribution in [0, 0.1) is 0 Å². The number of rotatable bonds is 5. The monoisotopic (exact) mass is 558 g/mol. The molecule has 0 bridgehead atoms. The standard InChI is InChI=1S/C23H22ClF3N4O3S2/c1-2-34-22(33)16-11-6-3-4-7-13(11)36-21(16)29-20(32)18-17(24)19-28-12(14-8-5-9-35-14)10-15(23(25,26)27)31(19)30-18/h5,8-9,12,15,28H,2-4,6-7,10H2,1H3,(H,29,32)/t12-,15-/m0/s1. The molecule has 13 heteroatoms. The number of ether oxygens (including phenoxy) is 1. The summed E-state index contributed by atoms with van der Waals surface area (Å²) in [5.74, 6) is -1.40. The predicted octanol–water partition coefficient (Wildman–Crippen LogP) is 6.63. The first-order valence-electron chi connectivity index (χ1n) is 11.5. The quantitative estimate of drug-likeness (QED) is 0.343. The average molecular weight is 559 g/mol. The van der Waals surface area contributed by atoms with Crippen LogP contribution in [0.1, 0.15) is 74.4 Å². The SMILES string of the molecule is CCOC(=O)c1c(NC(=O)c2nn3c(c2Cl)N[C@H](c2cccs2)C[C@H]3C(F)(F)F)sc2c1CCCC2. The van der Waals surface area contributed by atoms with Crippen LogP contribution in [-0.4, -0.2) is 34.4 Å². The van der Waals surface area contributed by atoms with Crippen molar-refractivity contribution in [1.29, 1.82) is 0 Å². The minimum Gasteiger partial charge on any atom is -0.462 e. The minimum atomic E-state index is -4.60. The Bertz CT molecular complexity index is 1300. The van der Waals surface area contributed by atoms with Gasteiger partial charge in [0.05, 0.1) is 18.2 Å². The zero-order chi connectivity index (χ0) is 25.6. The lowest BCUT2D eigenvalue weighted by molar-refractivity contribution is -0.173. The summed E-state index contributed by atoms with van der Waals surface area (Å²) in [5.41, 5.74) is 0.809. The molecule has 3 aromatic rings. The average Bonchev–Trinajstić information content (AvgIpc) is 3.55. The lowest BCUT2D eigenvalue weighted by atomic mass is 9.95. The Hall–Kier alpha value is -2.57. The zero-order valence-electron chi connectivity index (χ0n) is 19.1. The van der Waals surface area contributed by atoms with E-state index in [1.54, 1.807) is 24.4 Å². The number of hydrogen-bond acceptors (Lipinski definition) is 7. The molecule has 1 amide bonds. The molecule has 0 aromatic carbocycles. The van der Waals surface area contributed by atoms with Gasteiger partial charge in [0.15, 0.2) is 11.7 Å². The highest BCUT2D eigenvalue weighted by atomic mass is 35.5. The van der Waals surface area contributed by atoms with Gasteiger partial charge in [0, 0.05) is 16.2 Å². The second-order valence-electron chi connectivity index (χ2n) is 8.55. The third-order valence-electron chi connectivity index (χ3n) is 6.28. The van der Waals surface area contributed by atoms with Crippen molar-refractivity contribution in [2.45, 2.75) is 57.3 Å². The number of esters is 1. The Morgan fingerprint density at radius 2 is 2.11 bits per heavy atom. The Labute approximate surface area is 217 Å². The van der Waals surface area contributed by atoms with Crippen molar-refractivity contribution < 1.29 is 27.5 Å². The van der Waals surface area contributed by atoms with Crippen molar-refractivity contribution in [1.82, 2.24) is 9.78 Å². The molecule has 3 aromatic heterocycles. The molecule has 36 heavy (non-hydrogen) atoms. The smallest absolute Gasteiger partial charge is 0.410 e. The summed E-state index contributed by atoms with van der Waals surface area (Å²) in [4.78, 5) is 27.7. The van der Waals surface area contributed by atoms with E-state index in [4.69, 9.17) is 16.3 Å². The van der Waals surface area contributed by atoms with Crippen LogP contribution in [0.15, 0.2) is 17.5 Å². The zero-order valence-corrected chi connectivity index (χ0v) is 21.5. The van der Waals surface area contributed by atoms with Gasteiger partial charge in [-0.2, -0.15) is 18.3 Å². The highest BCUT2D eigenvalue weighted by molar-refractivity contribution is 7.17. The summed E-state index contributed by atoms with van der Waals surface area (Å²) < 4.78 is 47.9. The predicted molar refractivity (Wildman–Crippen MR) is 132 cm³/mol. The van der Waals surface area contributed by atoms with E-state index < -0.39 is 30.1 Å². The maximum Gasteiger partial charge on any atom is 0.410 e. The van der Waals surface area contributed by atoms with E-state index in [1.807, 2.05) is 0 Å². The first kappa shape index (κ1) is 25.1. The number of carbonyl (C=O) groups is 2. The number of anilines is 2. The molecule has 1 aliphatic heterocycles. The van der Waals surface area contributed by atoms with Gasteiger partial charge in [0.1, 0.15) is 15.8 Å². The fraction of sp³-hybridized carbons (Fsp3) is 0.435.